The van der Waals surface area contributed by atoms with Crippen LogP contribution < -0.4 is 4.74 Å². The van der Waals surface area contributed by atoms with E-state index in [2.05, 4.69) is 4.98 Å². The van der Waals surface area contributed by atoms with Crippen molar-refractivity contribution < 1.29 is 28.3 Å². The molecule has 9 nitrogen and oxygen atoms in total. The molecule has 0 saturated carbocycles. The monoisotopic (exact) mass is 495 g/mol. The minimum absolute atomic E-state index is 0.0939. The number of nitrogens with zero attached hydrogens (tertiary/aromatic N) is 3. The van der Waals surface area contributed by atoms with Crippen LogP contribution >= 0.6 is 0 Å². The maximum absolute atomic E-state index is 13.2. The van der Waals surface area contributed by atoms with E-state index < -0.39 is 36.2 Å². The summed E-state index contributed by atoms with van der Waals surface area (Å²) in [6, 6.07) is 24.6. The Balaban J connectivity index is 1.33. The number of amides is 3. The minimum atomic E-state index is -0.954. The fourth-order valence-electron chi connectivity index (χ4n) is 4.62. The molecule has 0 spiro atoms. The first-order valence-electron chi connectivity index (χ1n) is 11.7. The van der Waals surface area contributed by atoms with Crippen LogP contribution in [0.1, 0.15) is 17.5 Å². The Morgan fingerprint density at radius 3 is 2.41 bits per heavy atom. The van der Waals surface area contributed by atoms with Crippen molar-refractivity contribution in [2.75, 3.05) is 6.61 Å². The maximum Gasteiger partial charge on any atom is 0.423 e. The second-order valence-electron chi connectivity index (χ2n) is 8.62. The van der Waals surface area contributed by atoms with Gasteiger partial charge in [-0.2, -0.15) is 0 Å². The number of hydrogen-bond acceptors (Lipinski definition) is 7. The Bertz CT molecular complexity index is 1470. The number of imide groups is 1. The van der Waals surface area contributed by atoms with Gasteiger partial charge in [0, 0.05) is 0 Å². The second-order valence-corrected chi connectivity index (χ2v) is 8.62. The maximum atomic E-state index is 13.2. The van der Waals surface area contributed by atoms with Crippen LogP contribution in [-0.2, 0) is 9.53 Å². The van der Waals surface area contributed by atoms with Gasteiger partial charge in [-0.1, -0.05) is 66.7 Å². The number of cyclic esters (lactones) is 1. The number of β-lactam (4-membered cyclic amide) rings is 1. The zero-order valence-corrected chi connectivity index (χ0v) is 19.5. The lowest BCUT2D eigenvalue weighted by Gasteiger charge is -2.48. The number of likely N-dealkylation sites (tertiary alicyclic amines) is 1. The van der Waals surface area contributed by atoms with E-state index in [4.69, 9.17) is 13.9 Å². The van der Waals surface area contributed by atoms with Gasteiger partial charge in [-0.05, 0) is 35.9 Å². The van der Waals surface area contributed by atoms with Gasteiger partial charge in [0.2, 0.25) is 11.8 Å². The summed E-state index contributed by atoms with van der Waals surface area (Å²) < 4.78 is 16.5. The molecule has 0 radical (unpaired) electrons. The average Bonchev–Trinajstić information content (AvgIpc) is 3.51. The zero-order valence-electron chi connectivity index (χ0n) is 19.5. The minimum Gasteiger partial charge on any atom is -0.447 e. The van der Waals surface area contributed by atoms with E-state index in [-0.39, 0.29) is 12.4 Å². The van der Waals surface area contributed by atoms with Crippen molar-refractivity contribution in [2.45, 2.75) is 12.2 Å². The Labute approximate surface area is 211 Å². The highest BCUT2D eigenvalue weighted by molar-refractivity contribution is 6.02. The highest BCUT2D eigenvalue weighted by atomic mass is 16.6. The van der Waals surface area contributed by atoms with Gasteiger partial charge in [-0.15, -0.1) is 0 Å². The topological polar surface area (TPSA) is 102 Å². The van der Waals surface area contributed by atoms with E-state index in [1.165, 1.54) is 4.90 Å². The smallest absolute Gasteiger partial charge is 0.423 e. The normalized spacial score (nSPS) is 21.4. The van der Waals surface area contributed by atoms with Gasteiger partial charge in [-0.25, -0.2) is 19.5 Å². The first kappa shape index (κ1) is 22.5. The molecule has 3 atom stereocenters. The number of rotatable bonds is 5. The molecule has 3 heterocycles. The third-order valence-electron chi connectivity index (χ3n) is 6.39. The predicted molar refractivity (Wildman–Crippen MR) is 132 cm³/mol. The van der Waals surface area contributed by atoms with Gasteiger partial charge in [0.15, 0.2) is 5.58 Å². The van der Waals surface area contributed by atoms with Crippen LogP contribution in [0.5, 0.6) is 5.75 Å². The van der Waals surface area contributed by atoms with Crippen LogP contribution in [0.15, 0.2) is 95.4 Å². The average molecular weight is 495 g/mol. The van der Waals surface area contributed by atoms with E-state index in [1.54, 1.807) is 48.6 Å². The standard InChI is InChI=1S/C28H21N3O6/c32-26-20(15-16-24-29-21-13-7-8-14-23(21)37-24)25(31(26)28(34)36-19-11-5-2-6-12-19)30-22(17-35-27(30)33)18-9-3-1-4-10-18/h1-16,20,22,25H,17H2/t20-,22?,25-/m1/s1. The molecule has 0 N–H and O–H groups in total. The molecule has 3 aromatic carbocycles. The molecule has 4 aromatic rings. The summed E-state index contributed by atoms with van der Waals surface area (Å²) in [5.74, 6) is -0.755. The molecule has 0 bridgehead atoms. The fraction of sp³-hybridized carbons (Fsp3) is 0.143. The van der Waals surface area contributed by atoms with Crippen LogP contribution in [-0.4, -0.2) is 45.7 Å². The lowest BCUT2D eigenvalue weighted by atomic mass is 9.90. The largest absolute Gasteiger partial charge is 0.447 e. The van der Waals surface area contributed by atoms with Gasteiger partial charge in [0.05, 0.1) is 12.0 Å². The molecular weight excluding hydrogens is 474 g/mol. The first-order chi connectivity index (χ1) is 18.1. The van der Waals surface area contributed by atoms with Crippen molar-refractivity contribution in [1.29, 1.82) is 0 Å². The van der Waals surface area contributed by atoms with E-state index in [9.17, 15) is 14.4 Å². The summed E-state index contributed by atoms with van der Waals surface area (Å²) >= 11 is 0. The third kappa shape index (κ3) is 4.10. The Kier molecular flexibility index (Phi) is 5.65. The Hall–Kier alpha value is -4.92. The van der Waals surface area contributed by atoms with Crippen molar-refractivity contribution >= 4 is 35.3 Å². The number of hydrogen-bond donors (Lipinski definition) is 0. The van der Waals surface area contributed by atoms with E-state index in [0.717, 1.165) is 10.5 Å². The molecular formula is C28H21N3O6. The van der Waals surface area contributed by atoms with Crippen molar-refractivity contribution in [1.82, 2.24) is 14.8 Å². The van der Waals surface area contributed by atoms with Gasteiger partial charge < -0.3 is 13.9 Å². The zero-order chi connectivity index (χ0) is 25.4. The summed E-state index contributed by atoms with van der Waals surface area (Å²) in [4.78, 5) is 46.1. The van der Waals surface area contributed by atoms with Crippen LogP contribution in [0.2, 0.25) is 0 Å². The van der Waals surface area contributed by atoms with Crippen molar-refractivity contribution in [3.05, 3.63) is 102 Å². The number of fused-ring (bicyclic) bond motifs is 1. The molecule has 2 saturated heterocycles. The molecule has 184 valence electrons. The Morgan fingerprint density at radius 2 is 1.65 bits per heavy atom. The highest BCUT2D eigenvalue weighted by Gasteiger charge is 2.58. The van der Waals surface area contributed by atoms with E-state index >= 15 is 0 Å². The molecule has 37 heavy (non-hydrogen) atoms. The van der Waals surface area contributed by atoms with Crippen molar-refractivity contribution in [3.8, 4) is 5.75 Å². The molecule has 1 unspecified atom stereocenters. The fourth-order valence-corrected chi connectivity index (χ4v) is 4.62. The molecule has 9 heteroatoms. The Morgan fingerprint density at radius 1 is 0.946 bits per heavy atom. The SMILES string of the molecule is O=C(Oc1ccccc1)N1C(=O)[C@H](C=Cc2nc3ccccc3o2)[C@@H]1N1C(=O)OCC1c1ccccc1. The predicted octanol–water partition coefficient (Wildman–Crippen LogP) is 5.02. The van der Waals surface area contributed by atoms with E-state index in [1.807, 2.05) is 48.5 Å². The number of ether oxygens (including phenoxy) is 2. The van der Waals surface area contributed by atoms with Crippen molar-refractivity contribution in [3.63, 3.8) is 0 Å². The van der Waals surface area contributed by atoms with E-state index in [0.29, 0.717) is 17.0 Å². The lowest BCUT2D eigenvalue weighted by Crippen LogP contribution is -2.69. The number of carbonyl (C=O) groups excluding carboxylic acids is 3. The van der Waals surface area contributed by atoms with Gasteiger partial charge in [-0.3, -0.25) is 9.69 Å². The van der Waals surface area contributed by atoms with Crippen molar-refractivity contribution in [2.24, 2.45) is 5.92 Å². The van der Waals surface area contributed by atoms with Gasteiger partial charge >= 0.3 is 12.2 Å². The molecule has 2 aliphatic heterocycles. The summed E-state index contributed by atoms with van der Waals surface area (Å²) in [7, 11) is 0. The summed E-state index contributed by atoms with van der Waals surface area (Å²) in [5, 5.41) is 0. The number of aromatic nitrogens is 1. The number of carbonyl (C=O) groups is 3. The van der Waals surface area contributed by atoms with Crippen LogP contribution in [0.3, 0.4) is 0 Å². The van der Waals surface area contributed by atoms with Gasteiger partial charge in [0.1, 0.15) is 24.0 Å². The van der Waals surface area contributed by atoms with Crippen LogP contribution in [0.25, 0.3) is 17.2 Å². The quantitative estimate of drug-likeness (QED) is 0.358. The molecule has 2 fully saturated rings. The third-order valence-corrected chi connectivity index (χ3v) is 6.39. The second kappa shape index (κ2) is 9.27. The molecule has 0 aliphatic carbocycles. The lowest BCUT2D eigenvalue weighted by molar-refractivity contribution is -0.157. The summed E-state index contributed by atoms with van der Waals surface area (Å²) in [6.07, 6.45) is 0.722. The van der Waals surface area contributed by atoms with Crippen LogP contribution in [0, 0.1) is 5.92 Å². The molecule has 6 rings (SSSR count). The molecule has 3 amide bonds. The summed E-state index contributed by atoms with van der Waals surface area (Å²) in [6.45, 7) is 0.0939. The highest BCUT2D eigenvalue weighted by Crippen LogP contribution is 2.40. The van der Waals surface area contributed by atoms with Gasteiger partial charge in [0.25, 0.3) is 0 Å². The van der Waals surface area contributed by atoms with Crippen LogP contribution in [0.4, 0.5) is 9.59 Å². The molecule has 2 aliphatic rings. The first-order valence-corrected chi connectivity index (χ1v) is 11.7. The number of para-hydroxylation sites is 3. The number of benzene rings is 3. The molecule has 1 aromatic heterocycles. The number of oxazole rings is 1. The summed E-state index contributed by atoms with van der Waals surface area (Å²) in [5.41, 5.74) is 2.11.